The average molecular weight is 313 g/mol. The number of phenolic OH excluding ortho intramolecular Hbond substituents is 1. The number of hydrogen-bond acceptors (Lipinski definition) is 6. The molecule has 3 aromatic rings. The summed E-state index contributed by atoms with van der Waals surface area (Å²) in [6, 6.07) is 2.37. The van der Waals surface area contributed by atoms with E-state index in [1.807, 2.05) is 0 Å². The van der Waals surface area contributed by atoms with E-state index < -0.39 is 22.5 Å². The topological polar surface area (TPSA) is 146 Å². The Balaban J connectivity index is 2.72. The highest BCUT2D eigenvalue weighted by Crippen LogP contribution is 2.16. The monoisotopic (exact) mass is 313 g/mol. The van der Waals surface area contributed by atoms with E-state index in [0.717, 1.165) is 6.07 Å². The van der Waals surface area contributed by atoms with Gasteiger partial charge in [-0.15, -0.1) is 0 Å². The molecular weight excluding hydrogens is 302 g/mol. The van der Waals surface area contributed by atoms with Crippen LogP contribution in [-0.2, 0) is 0 Å². The molecule has 0 saturated carbocycles. The number of phenols is 1. The lowest BCUT2D eigenvalue weighted by molar-refractivity contribution is 0.100. The number of carbonyl (C=O) groups excluding carboxylic acids is 1. The van der Waals surface area contributed by atoms with Gasteiger partial charge in [-0.05, 0) is 19.1 Å². The minimum atomic E-state index is -0.788. The third kappa shape index (κ3) is 1.92. The quantitative estimate of drug-likeness (QED) is 0.448. The highest BCUT2D eigenvalue weighted by Gasteiger charge is 2.17. The molecule has 1 aromatic heterocycles. The van der Waals surface area contributed by atoms with Crippen molar-refractivity contribution in [3.63, 3.8) is 0 Å². The summed E-state index contributed by atoms with van der Waals surface area (Å²) in [7, 11) is 0. The second-order valence-corrected chi connectivity index (χ2v) is 5.01. The van der Waals surface area contributed by atoms with Crippen molar-refractivity contribution < 1.29 is 15.0 Å². The fourth-order valence-electron chi connectivity index (χ4n) is 2.46. The molecule has 0 aliphatic rings. The maximum atomic E-state index is 12.3. The minimum Gasteiger partial charge on any atom is -0.515 e. The number of hydrogen-bond donors (Lipinski definition) is 4. The largest absolute Gasteiger partial charge is 0.515 e. The fourth-order valence-corrected chi connectivity index (χ4v) is 2.46. The van der Waals surface area contributed by atoms with Crippen LogP contribution < -0.4 is 21.8 Å². The van der Waals surface area contributed by atoms with Gasteiger partial charge in [0.05, 0.1) is 22.6 Å². The zero-order valence-electron chi connectivity index (χ0n) is 11.9. The summed E-state index contributed by atoms with van der Waals surface area (Å²) in [5.74, 6) is -1.21. The van der Waals surface area contributed by atoms with Crippen molar-refractivity contribution >= 4 is 34.2 Å². The van der Waals surface area contributed by atoms with Crippen molar-refractivity contribution in [2.45, 2.75) is 6.92 Å². The number of nitrogens with one attached hydrogen (secondary N) is 1. The van der Waals surface area contributed by atoms with E-state index in [9.17, 15) is 24.6 Å². The Morgan fingerprint density at radius 1 is 1.26 bits per heavy atom. The minimum absolute atomic E-state index is 0.00546. The molecule has 0 fully saturated rings. The first kappa shape index (κ1) is 14.5. The van der Waals surface area contributed by atoms with Crippen LogP contribution in [0.15, 0.2) is 21.7 Å². The van der Waals surface area contributed by atoms with Crippen LogP contribution in [0.1, 0.15) is 15.9 Å². The maximum absolute atomic E-state index is 12.3. The van der Waals surface area contributed by atoms with Crippen molar-refractivity contribution in [1.82, 2.24) is 9.97 Å². The Morgan fingerprint density at radius 3 is 2.57 bits per heavy atom. The molecule has 8 nitrogen and oxygen atoms in total. The van der Waals surface area contributed by atoms with Gasteiger partial charge in [-0.25, -0.2) is 4.98 Å². The van der Waals surface area contributed by atoms with Gasteiger partial charge in [0, 0.05) is 5.56 Å². The molecule has 8 heteroatoms. The maximum Gasteiger partial charge on any atom is 0.250 e. The summed E-state index contributed by atoms with van der Waals surface area (Å²) in [6.07, 6.45) is 0.596. The predicted octanol–water partition coefficient (Wildman–Crippen LogP) is -0.436. The number of aliphatic hydroxyl groups is 1. The second-order valence-electron chi connectivity index (χ2n) is 5.01. The molecule has 1 heterocycles. The molecule has 0 saturated heterocycles. The predicted molar refractivity (Wildman–Crippen MR) is 83.4 cm³/mol. The van der Waals surface area contributed by atoms with Gasteiger partial charge in [-0.1, -0.05) is 0 Å². The van der Waals surface area contributed by atoms with Crippen LogP contribution in [0, 0.1) is 6.92 Å². The Hall–Kier alpha value is -3.42. The molecule has 0 aliphatic carbocycles. The van der Waals surface area contributed by atoms with E-state index in [-0.39, 0.29) is 38.4 Å². The first-order valence-corrected chi connectivity index (χ1v) is 6.53. The molecule has 23 heavy (non-hydrogen) atoms. The van der Waals surface area contributed by atoms with Crippen LogP contribution in [0.5, 0.6) is 5.75 Å². The fraction of sp³-hybridized carbons (Fsp3) is 0.0667. The van der Waals surface area contributed by atoms with E-state index in [1.54, 1.807) is 0 Å². The number of carbonyl (C=O) groups is 1. The van der Waals surface area contributed by atoms with Crippen molar-refractivity contribution in [2.24, 2.45) is 5.73 Å². The van der Waals surface area contributed by atoms with Crippen LogP contribution in [0.25, 0.3) is 28.3 Å². The van der Waals surface area contributed by atoms with Crippen molar-refractivity contribution in [2.75, 3.05) is 0 Å². The number of nitrogens with two attached hydrogens (primary N) is 1. The lowest BCUT2D eigenvalue weighted by atomic mass is 10.1. The Morgan fingerprint density at radius 2 is 1.96 bits per heavy atom. The zero-order valence-corrected chi connectivity index (χ0v) is 11.9. The van der Waals surface area contributed by atoms with Crippen LogP contribution in [0.3, 0.4) is 0 Å². The molecule has 0 radical (unpaired) electrons. The van der Waals surface area contributed by atoms with Gasteiger partial charge >= 0.3 is 0 Å². The van der Waals surface area contributed by atoms with Crippen LogP contribution in [0.4, 0.5) is 0 Å². The van der Waals surface area contributed by atoms with Crippen LogP contribution in [0.2, 0.25) is 0 Å². The van der Waals surface area contributed by atoms with Gasteiger partial charge in [-0.2, -0.15) is 0 Å². The summed E-state index contributed by atoms with van der Waals surface area (Å²) in [5, 5.41) is 19.2. The number of aliphatic hydroxyl groups excluding tert-OH is 1. The van der Waals surface area contributed by atoms with Crippen molar-refractivity contribution in [3.8, 4) is 5.75 Å². The summed E-state index contributed by atoms with van der Waals surface area (Å²) in [4.78, 5) is 42.5. The van der Waals surface area contributed by atoms with Gasteiger partial charge in [0.1, 0.15) is 22.3 Å². The summed E-state index contributed by atoms with van der Waals surface area (Å²) < 4.78 is 0. The average Bonchev–Trinajstić information content (AvgIpc) is 2.52. The van der Waals surface area contributed by atoms with Crippen LogP contribution in [-0.4, -0.2) is 26.1 Å². The van der Waals surface area contributed by atoms with Gasteiger partial charge in [0.2, 0.25) is 10.9 Å². The molecule has 0 bridgehead atoms. The Kier molecular flexibility index (Phi) is 3.03. The molecule has 0 aliphatic heterocycles. The van der Waals surface area contributed by atoms with Crippen molar-refractivity contribution in [3.05, 3.63) is 48.9 Å². The number of H-pyrrole nitrogens is 1. The molecular formula is C15H11N3O5. The SMILES string of the molecule is Cc1c(O)c(=CO)c2nc3c(=O)ccc(C(N)=O)c3[nH]c2c1=O. The lowest BCUT2D eigenvalue weighted by Crippen LogP contribution is -2.21. The standard InChI is InChI=1S/C15H11N3O5/c1-5-13(21)7(4-19)10-12(14(5)22)18-9-6(15(16)23)2-3-8(20)11(9)17-10/h2-4,18-19,21H,1H3,(H2,16,23). The van der Waals surface area contributed by atoms with Crippen LogP contribution >= 0.6 is 0 Å². The second kappa shape index (κ2) is 4.80. The smallest absolute Gasteiger partial charge is 0.250 e. The third-order valence-electron chi connectivity index (χ3n) is 3.68. The third-order valence-corrected chi connectivity index (χ3v) is 3.68. The molecule has 2 aromatic carbocycles. The van der Waals surface area contributed by atoms with E-state index >= 15 is 0 Å². The number of nitrogens with zero attached hydrogens (tertiary/aromatic N) is 1. The number of aromatic amines is 1. The molecule has 0 spiro atoms. The highest BCUT2D eigenvalue weighted by molar-refractivity contribution is 6.05. The first-order valence-electron chi connectivity index (χ1n) is 6.53. The number of benzene rings is 2. The van der Waals surface area contributed by atoms with Gasteiger partial charge in [-0.3, -0.25) is 14.4 Å². The van der Waals surface area contributed by atoms with E-state index in [2.05, 4.69) is 9.97 Å². The van der Waals surface area contributed by atoms with E-state index in [4.69, 9.17) is 5.73 Å². The summed E-state index contributed by atoms with van der Waals surface area (Å²) >= 11 is 0. The van der Waals surface area contributed by atoms with Gasteiger partial charge < -0.3 is 20.9 Å². The Labute approximate surface area is 127 Å². The number of aromatic nitrogens is 2. The Bertz CT molecular complexity index is 1160. The molecule has 116 valence electrons. The van der Waals surface area contributed by atoms with E-state index in [1.165, 1.54) is 13.0 Å². The molecule has 3 rings (SSSR count). The number of amides is 1. The molecule has 0 unspecified atom stereocenters. The zero-order chi connectivity index (χ0) is 16.9. The van der Waals surface area contributed by atoms with E-state index in [0.29, 0.717) is 6.26 Å². The summed E-state index contributed by atoms with van der Waals surface area (Å²) in [6.45, 7) is 1.38. The normalized spacial score (nSPS) is 12.1. The summed E-state index contributed by atoms with van der Waals surface area (Å²) in [5.41, 5.74) is 3.98. The number of aromatic hydroxyl groups is 1. The first-order chi connectivity index (χ1) is 10.9. The molecule has 1 amide bonds. The van der Waals surface area contributed by atoms with Crippen molar-refractivity contribution in [1.29, 1.82) is 0 Å². The molecule has 5 N–H and O–H groups in total. The number of fused-ring (bicyclic) bond motifs is 2. The van der Waals surface area contributed by atoms with Gasteiger partial charge in [0.25, 0.3) is 5.91 Å². The number of primary amides is 1. The van der Waals surface area contributed by atoms with Gasteiger partial charge in [0.15, 0.2) is 0 Å². The highest BCUT2D eigenvalue weighted by atomic mass is 16.3. The molecule has 0 atom stereocenters. The number of rotatable bonds is 1. The lowest BCUT2D eigenvalue weighted by Gasteiger charge is -2.07.